The highest BCUT2D eigenvalue weighted by molar-refractivity contribution is 5.34. The van der Waals surface area contributed by atoms with Crippen LogP contribution in [0.15, 0.2) is 42.5 Å². The number of aryl methyl sites for hydroxylation is 1. The van der Waals surface area contributed by atoms with Crippen LogP contribution in [0.1, 0.15) is 48.1 Å². The first-order valence-corrected chi connectivity index (χ1v) is 6.52. The molecule has 0 aliphatic rings. The number of hydrogen-bond donors (Lipinski definition) is 1. The first kappa shape index (κ1) is 13.8. The number of benzene rings is 2. The lowest BCUT2D eigenvalue weighted by Gasteiger charge is -2.14. The zero-order valence-corrected chi connectivity index (χ0v) is 11.5. The van der Waals surface area contributed by atoms with Gasteiger partial charge in [0.2, 0.25) is 0 Å². The van der Waals surface area contributed by atoms with Gasteiger partial charge < -0.3 is 5.11 Å². The van der Waals surface area contributed by atoms with Crippen molar-refractivity contribution >= 4 is 0 Å². The lowest BCUT2D eigenvalue weighted by molar-refractivity contribution is 0.219. The van der Waals surface area contributed by atoms with Crippen LogP contribution in [0.2, 0.25) is 0 Å². The Morgan fingerprint density at radius 3 is 2.00 bits per heavy atom. The molecule has 0 aromatic heterocycles. The molecule has 1 atom stereocenters. The SMILES string of the molecule is Cc1cc(F)cc(C(O)c2ccc(C(C)C)cc2)c1. The van der Waals surface area contributed by atoms with Gasteiger partial charge in [-0.1, -0.05) is 44.2 Å². The van der Waals surface area contributed by atoms with E-state index in [1.54, 1.807) is 0 Å². The molecule has 100 valence electrons. The van der Waals surface area contributed by atoms with Crippen molar-refractivity contribution in [2.75, 3.05) is 0 Å². The summed E-state index contributed by atoms with van der Waals surface area (Å²) in [5.74, 6) is 0.149. The van der Waals surface area contributed by atoms with E-state index in [1.807, 2.05) is 37.3 Å². The summed E-state index contributed by atoms with van der Waals surface area (Å²) in [6.07, 6.45) is -0.782. The minimum absolute atomic E-state index is 0.312. The molecule has 0 saturated carbocycles. The highest BCUT2D eigenvalue weighted by Gasteiger charge is 2.12. The van der Waals surface area contributed by atoms with E-state index in [2.05, 4.69) is 13.8 Å². The van der Waals surface area contributed by atoms with Gasteiger partial charge in [0.15, 0.2) is 0 Å². The van der Waals surface area contributed by atoms with Crippen molar-refractivity contribution in [3.8, 4) is 0 Å². The largest absolute Gasteiger partial charge is 0.384 e. The Bertz CT molecular complexity index is 538. The Hall–Kier alpha value is -1.67. The van der Waals surface area contributed by atoms with Gasteiger partial charge in [-0.3, -0.25) is 0 Å². The molecule has 1 N–H and O–H groups in total. The van der Waals surface area contributed by atoms with Gasteiger partial charge in [0.05, 0.1) is 0 Å². The molecule has 0 radical (unpaired) electrons. The second-order valence-corrected chi connectivity index (χ2v) is 5.29. The normalized spacial score (nSPS) is 12.7. The van der Waals surface area contributed by atoms with E-state index >= 15 is 0 Å². The quantitative estimate of drug-likeness (QED) is 0.868. The van der Waals surface area contributed by atoms with Crippen LogP contribution in [0, 0.1) is 12.7 Å². The highest BCUT2D eigenvalue weighted by atomic mass is 19.1. The Kier molecular flexibility index (Phi) is 4.01. The number of hydrogen-bond acceptors (Lipinski definition) is 1. The summed E-state index contributed by atoms with van der Waals surface area (Å²) in [5, 5.41) is 10.3. The summed E-state index contributed by atoms with van der Waals surface area (Å²) in [4.78, 5) is 0. The smallest absolute Gasteiger partial charge is 0.123 e. The predicted molar refractivity (Wildman–Crippen MR) is 75.7 cm³/mol. The van der Waals surface area contributed by atoms with Gasteiger partial charge in [0, 0.05) is 0 Å². The summed E-state index contributed by atoms with van der Waals surface area (Å²) in [6, 6.07) is 12.5. The van der Waals surface area contributed by atoms with Crippen molar-refractivity contribution in [3.05, 3.63) is 70.5 Å². The molecular weight excluding hydrogens is 239 g/mol. The van der Waals surface area contributed by atoms with Gasteiger partial charge in [0.1, 0.15) is 11.9 Å². The highest BCUT2D eigenvalue weighted by Crippen LogP contribution is 2.25. The van der Waals surface area contributed by atoms with Crippen LogP contribution in [0.4, 0.5) is 4.39 Å². The lowest BCUT2D eigenvalue weighted by Crippen LogP contribution is -2.01. The number of aliphatic hydroxyl groups excluding tert-OH is 1. The van der Waals surface area contributed by atoms with Crippen molar-refractivity contribution in [2.45, 2.75) is 32.8 Å². The van der Waals surface area contributed by atoms with E-state index in [4.69, 9.17) is 0 Å². The fourth-order valence-corrected chi connectivity index (χ4v) is 2.18. The monoisotopic (exact) mass is 258 g/mol. The van der Waals surface area contributed by atoms with Gasteiger partial charge in [-0.25, -0.2) is 4.39 Å². The van der Waals surface area contributed by atoms with E-state index < -0.39 is 6.10 Å². The molecule has 1 nitrogen and oxygen atoms in total. The number of rotatable bonds is 3. The van der Waals surface area contributed by atoms with Crippen molar-refractivity contribution in [3.63, 3.8) is 0 Å². The summed E-state index contributed by atoms with van der Waals surface area (Å²) in [5.41, 5.74) is 3.42. The number of aliphatic hydroxyl groups is 1. The minimum atomic E-state index is -0.782. The molecule has 2 aromatic rings. The Balaban J connectivity index is 2.30. The molecule has 0 amide bonds. The number of halogens is 1. The average molecular weight is 258 g/mol. The molecule has 0 heterocycles. The zero-order chi connectivity index (χ0) is 14.0. The van der Waals surface area contributed by atoms with Crippen molar-refractivity contribution < 1.29 is 9.50 Å². The molecule has 0 spiro atoms. The van der Waals surface area contributed by atoms with E-state index in [0.29, 0.717) is 11.5 Å². The molecule has 2 aromatic carbocycles. The second kappa shape index (κ2) is 5.54. The summed E-state index contributed by atoms with van der Waals surface area (Å²) >= 11 is 0. The summed E-state index contributed by atoms with van der Waals surface area (Å²) < 4.78 is 13.4. The Morgan fingerprint density at radius 1 is 0.895 bits per heavy atom. The Labute approximate surface area is 113 Å². The summed E-state index contributed by atoms with van der Waals surface area (Å²) in [7, 11) is 0. The van der Waals surface area contributed by atoms with Crippen LogP contribution in [-0.2, 0) is 0 Å². The van der Waals surface area contributed by atoms with Gasteiger partial charge in [-0.05, 0) is 47.2 Å². The predicted octanol–water partition coefficient (Wildman–Crippen LogP) is 4.34. The molecular formula is C17H19FO. The Morgan fingerprint density at radius 2 is 1.47 bits per heavy atom. The maximum Gasteiger partial charge on any atom is 0.123 e. The van der Waals surface area contributed by atoms with E-state index in [1.165, 1.54) is 17.7 Å². The molecule has 0 saturated heterocycles. The molecule has 0 aliphatic carbocycles. The first-order valence-electron chi connectivity index (χ1n) is 6.52. The third-order valence-electron chi connectivity index (χ3n) is 3.30. The fourth-order valence-electron chi connectivity index (χ4n) is 2.18. The molecule has 2 heteroatoms. The van der Waals surface area contributed by atoms with Crippen molar-refractivity contribution in [1.82, 2.24) is 0 Å². The van der Waals surface area contributed by atoms with Crippen LogP contribution in [0.25, 0.3) is 0 Å². The van der Waals surface area contributed by atoms with Crippen molar-refractivity contribution in [1.29, 1.82) is 0 Å². The van der Waals surface area contributed by atoms with Crippen LogP contribution >= 0.6 is 0 Å². The third-order valence-corrected chi connectivity index (χ3v) is 3.30. The van der Waals surface area contributed by atoms with Gasteiger partial charge in [-0.15, -0.1) is 0 Å². The molecule has 19 heavy (non-hydrogen) atoms. The van der Waals surface area contributed by atoms with Gasteiger partial charge >= 0.3 is 0 Å². The molecule has 0 bridgehead atoms. The molecule has 2 rings (SSSR count). The maximum absolute atomic E-state index is 13.4. The van der Waals surface area contributed by atoms with E-state index in [0.717, 1.165) is 11.1 Å². The van der Waals surface area contributed by atoms with Crippen molar-refractivity contribution in [2.24, 2.45) is 0 Å². The standard InChI is InChI=1S/C17H19FO/c1-11(2)13-4-6-14(7-5-13)17(19)15-8-12(3)9-16(18)10-15/h4-11,17,19H,1-3H3. The van der Waals surface area contributed by atoms with Crippen LogP contribution < -0.4 is 0 Å². The van der Waals surface area contributed by atoms with E-state index in [-0.39, 0.29) is 5.82 Å². The van der Waals surface area contributed by atoms with Crippen LogP contribution in [0.5, 0.6) is 0 Å². The topological polar surface area (TPSA) is 20.2 Å². The molecule has 0 fully saturated rings. The molecule has 0 aliphatic heterocycles. The third kappa shape index (κ3) is 3.21. The maximum atomic E-state index is 13.4. The van der Waals surface area contributed by atoms with E-state index in [9.17, 15) is 9.50 Å². The van der Waals surface area contributed by atoms with Gasteiger partial charge in [0.25, 0.3) is 0 Å². The first-order chi connectivity index (χ1) is 8.97. The fraction of sp³-hybridized carbons (Fsp3) is 0.294. The lowest BCUT2D eigenvalue weighted by atomic mass is 9.96. The summed E-state index contributed by atoms with van der Waals surface area (Å²) in [6.45, 7) is 6.07. The zero-order valence-electron chi connectivity index (χ0n) is 11.5. The minimum Gasteiger partial charge on any atom is -0.384 e. The van der Waals surface area contributed by atoms with Crippen LogP contribution in [0.3, 0.4) is 0 Å². The second-order valence-electron chi connectivity index (χ2n) is 5.29. The molecule has 1 unspecified atom stereocenters. The average Bonchev–Trinajstić information content (AvgIpc) is 2.37. The van der Waals surface area contributed by atoms with Crippen LogP contribution in [-0.4, -0.2) is 5.11 Å². The van der Waals surface area contributed by atoms with Gasteiger partial charge in [-0.2, -0.15) is 0 Å².